The molecule has 0 saturated carbocycles. The molecule has 2 aromatic rings. The predicted octanol–water partition coefficient (Wildman–Crippen LogP) is 3.18. The Morgan fingerprint density at radius 1 is 1.10 bits per heavy atom. The molecule has 0 N–H and O–H groups in total. The molecule has 0 amide bonds. The van der Waals surface area contributed by atoms with Crippen LogP contribution in [0.15, 0.2) is 40.8 Å². The quantitative estimate of drug-likeness (QED) is 0.733. The zero-order chi connectivity index (χ0) is 15.1. The van der Waals surface area contributed by atoms with Gasteiger partial charge in [0.15, 0.2) is 0 Å². The van der Waals surface area contributed by atoms with Crippen molar-refractivity contribution in [2.45, 2.75) is 20.1 Å². The third kappa shape index (κ3) is 4.36. The molecule has 0 saturated heterocycles. The van der Waals surface area contributed by atoms with Crippen molar-refractivity contribution in [2.24, 2.45) is 0 Å². The molecule has 0 fully saturated rings. The van der Waals surface area contributed by atoms with Crippen molar-refractivity contribution < 1.29 is 23.4 Å². The minimum atomic E-state index is -0.465. The predicted molar refractivity (Wildman–Crippen MR) is 76.2 cm³/mol. The van der Waals surface area contributed by atoms with Crippen molar-refractivity contribution in [1.29, 1.82) is 0 Å². The number of hydrogen-bond donors (Lipinski definition) is 0. The highest BCUT2D eigenvalue weighted by Gasteiger charge is 2.12. The van der Waals surface area contributed by atoms with E-state index in [1.807, 2.05) is 24.3 Å². The molecule has 0 aliphatic rings. The smallest absolute Gasteiger partial charge is 0.374 e. The summed E-state index contributed by atoms with van der Waals surface area (Å²) in [6.45, 7) is 2.89. The van der Waals surface area contributed by atoms with E-state index in [-0.39, 0.29) is 12.4 Å². The summed E-state index contributed by atoms with van der Waals surface area (Å²) < 4.78 is 20.9. The molecule has 0 unspecified atom stereocenters. The zero-order valence-electron chi connectivity index (χ0n) is 12.1. The van der Waals surface area contributed by atoms with E-state index < -0.39 is 5.97 Å². The standard InChI is InChI=1S/C16H18O5/c1-3-19-16(17)15-9-8-14(21-15)11-20-13-6-4-12(5-7-13)10-18-2/h4-9H,3,10-11H2,1-2H3. The average molecular weight is 290 g/mol. The zero-order valence-corrected chi connectivity index (χ0v) is 12.1. The van der Waals surface area contributed by atoms with Gasteiger partial charge in [0, 0.05) is 7.11 Å². The van der Waals surface area contributed by atoms with Gasteiger partial charge in [-0.25, -0.2) is 4.79 Å². The summed E-state index contributed by atoms with van der Waals surface area (Å²) in [5, 5.41) is 0. The summed E-state index contributed by atoms with van der Waals surface area (Å²) in [6, 6.07) is 10.9. The number of hydrogen-bond acceptors (Lipinski definition) is 5. The number of furan rings is 1. The Morgan fingerprint density at radius 3 is 2.52 bits per heavy atom. The Balaban J connectivity index is 1.89. The Hall–Kier alpha value is -2.27. The first-order chi connectivity index (χ1) is 10.2. The van der Waals surface area contributed by atoms with E-state index in [0.717, 1.165) is 11.3 Å². The maximum Gasteiger partial charge on any atom is 0.374 e. The van der Waals surface area contributed by atoms with Gasteiger partial charge in [0.25, 0.3) is 0 Å². The first-order valence-corrected chi connectivity index (χ1v) is 6.69. The third-order valence-electron chi connectivity index (χ3n) is 2.75. The maximum absolute atomic E-state index is 11.5. The van der Waals surface area contributed by atoms with Crippen molar-refractivity contribution in [2.75, 3.05) is 13.7 Å². The molecule has 1 aromatic heterocycles. The molecule has 0 atom stereocenters. The summed E-state index contributed by atoms with van der Waals surface area (Å²) >= 11 is 0. The lowest BCUT2D eigenvalue weighted by atomic mass is 10.2. The van der Waals surface area contributed by atoms with Gasteiger partial charge in [0.1, 0.15) is 18.1 Å². The SMILES string of the molecule is CCOC(=O)c1ccc(COc2ccc(COC)cc2)o1. The number of carbonyl (C=O) groups excluding carboxylic acids is 1. The molecule has 0 aliphatic carbocycles. The molecule has 0 aliphatic heterocycles. The second kappa shape index (κ2) is 7.50. The molecule has 0 radical (unpaired) electrons. The van der Waals surface area contributed by atoms with E-state index in [2.05, 4.69) is 0 Å². The van der Waals surface area contributed by atoms with Gasteiger partial charge in [-0.15, -0.1) is 0 Å². The van der Waals surface area contributed by atoms with Crippen molar-refractivity contribution in [3.63, 3.8) is 0 Å². The van der Waals surface area contributed by atoms with Crippen molar-refractivity contribution >= 4 is 5.97 Å². The van der Waals surface area contributed by atoms with Crippen LogP contribution < -0.4 is 4.74 Å². The Kier molecular flexibility index (Phi) is 5.40. The maximum atomic E-state index is 11.5. The van der Waals surface area contributed by atoms with Crippen LogP contribution in [0.3, 0.4) is 0 Å². The highest BCUT2D eigenvalue weighted by atomic mass is 16.5. The second-order valence-electron chi connectivity index (χ2n) is 4.35. The number of rotatable bonds is 7. The van der Waals surface area contributed by atoms with Crippen LogP contribution >= 0.6 is 0 Å². The van der Waals surface area contributed by atoms with Gasteiger partial charge in [-0.05, 0) is 36.8 Å². The molecule has 112 valence electrons. The van der Waals surface area contributed by atoms with Gasteiger partial charge in [-0.2, -0.15) is 0 Å². The monoisotopic (exact) mass is 290 g/mol. The van der Waals surface area contributed by atoms with Gasteiger partial charge in [0.2, 0.25) is 5.76 Å². The van der Waals surface area contributed by atoms with Gasteiger partial charge in [-0.1, -0.05) is 12.1 Å². The van der Waals surface area contributed by atoms with Crippen LogP contribution in [-0.2, 0) is 22.7 Å². The fourth-order valence-corrected chi connectivity index (χ4v) is 1.77. The molecule has 5 heteroatoms. The van der Waals surface area contributed by atoms with Crippen LogP contribution in [0, 0.1) is 0 Å². The van der Waals surface area contributed by atoms with Gasteiger partial charge < -0.3 is 18.6 Å². The van der Waals surface area contributed by atoms with Crippen molar-refractivity contribution in [3.05, 3.63) is 53.5 Å². The second-order valence-corrected chi connectivity index (χ2v) is 4.35. The Labute approximate surface area is 123 Å². The molecule has 5 nitrogen and oxygen atoms in total. The minimum absolute atomic E-state index is 0.186. The molecule has 21 heavy (non-hydrogen) atoms. The van der Waals surface area contributed by atoms with Crippen molar-refractivity contribution in [3.8, 4) is 5.75 Å². The number of carbonyl (C=O) groups is 1. The van der Waals surface area contributed by atoms with E-state index in [9.17, 15) is 4.79 Å². The minimum Gasteiger partial charge on any atom is -0.486 e. The molecule has 1 aromatic carbocycles. The molecule has 1 heterocycles. The van der Waals surface area contributed by atoms with Crippen LogP contribution in [0.25, 0.3) is 0 Å². The van der Waals surface area contributed by atoms with Crippen LogP contribution in [0.4, 0.5) is 0 Å². The summed E-state index contributed by atoms with van der Waals surface area (Å²) in [5.41, 5.74) is 1.08. The highest BCUT2D eigenvalue weighted by molar-refractivity contribution is 5.86. The fourth-order valence-electron chi connectivity index (χ4n) is 1.77. The third-order valence-corrected chi connectivity index (χ3v) is 2.75. The van der Waals surface area contributed by atoms with Gasteiger partial charge in [-0.3, -0.25) is 0 Å². The summed E-state index contributed by atoms with van der Waals surface area (Å²) in [5.74, 6) is 1.02. The largest absolute Gasteiger partial charge is 0.486 e. The number of benzene rings is 1. The molecular formula is C16H18O5. The lowest BCUT2D eigenvalue weighted by molar-refractivity contribution is 0.0486. The summed E-state index contributed by atoms with van der Waals surface area (Å²) in [7, 11) is 1.66. The Bertz CT molecular complexity index is 571. The lowest BCUT2D eigenvalue weighted by Gasteiger charge is -2.05. The fraction of sp³-hybridized carbons (Fsp3) is 0.312. The number of ether oxygens (including phenoxy) is 3. The Morgan fingerprint density at radius 2 is 1.86 bits per heavy atom. The van der Waals surface area contributed by atoms with Gasteiger partial charge >= 0.3 is 5.97 Å². The number of methoxy groups -OCH3 is 1. The van der Waals surface area contributed by atoms with E-state index >= 15 is 0 Å². The van der Waals surface area contributed by atoms with Crippen LogP contribution in [0.1, 0.15) is 28.8 Å². The van der Waals surface area contributed by atoms with E-state index in [1.54, 1.807) is 26.2 Å². The average Bonchev–Trinajstić information content (AvgIpc) is 2.96. The topological polar surface area (TPSA) is 57.9 Å². The first kappa shape index (κ1) is 15.1. The van der Waals surface area contributed by atoms with Gasteiger partial charge in [0.05, 0.1) is 13.2 Å². The lowest BCUT2D eigenvalue weighted by Crippen LogP contribution is -2.02. The van der Waals surface area contributed by atoms with Crippen LogP contribution in [0.2, 0.25) is 0 Å². The molecule has 2 rings (SSSR count). The van der Waals surface area contributed by atoms with E-state index in [1.165, 1.54) is 0 Å². The molecule has 0 bridgehead atoms. The molecule has 0 spiro atoms. The van der Waals surface area contributed by atoms with Crippen molar-refractivity contribution in [1.82, 2.24) is 0 Å². The van der Waals surface area contributed by atoms with E-state index in [4.69, 9.17) is 18.6 Å². The van der Waals surface area contributed by atoms with Crippen LogP contribution in [-0.4, -0.2) is 19.7 Å². The van der Waals surface area contributed by atoms with Crippen LogP contribution in [0.5, 0.6) is 5.75 Å². The first-order valence-electron chi connectivity index (χ1n) is 6.69. The number of esters is 1. The highest BCUT2D eigenvalue weighted by Crippen LogP contribution is 2.16. The molecular weight excluding hydrogens is 272 g/mol. The summed E-state index contributed by atoms with van der Waals surface area (Å²) in [6.07, 6.45) is 0. The normalized spacial score (nSPS) is 10.4. The summed E-state index contributed by atoms with van der Waals surface area (Å²) in [4.78, 5) is 11.5. The van der Waals surface area contributed by atoms with E-state index in [0.29, 0.717) is 19.0 Å².